The monoisotopic (exact) mass is 445 g/mol. The molecule has 6 heteroatoms. The summed E-state index contributed by atoms with van der Waals surface area (Å²) in [5, 5.41) is 9.31. The molecule has 0 atom stereocenters. The molecule has 1 N–H and O–H groups in total. The van der Waals surface area contributed by atoms with E-state index in [1.165, 1.54) is 5.56 Å². The molecule has 0 unspecified atom stereocenters. The fraction of sp³-hybridized carbons (Fsp3) is 0.286. The second-order valence-electron chi connectivity index (χ2n) is 6.75. The van der Waals surface area contributed by atoms with Gasteiger partial charge < -0.3 is 10.1 Å². The first kappa shape index (κ1) is 18.4. The van der Waals surface area contributed by atoms with Gasteiger partial charge in [-0.25, -0.2) is 4.68 Å². The predicted molar refractivity (Wildman–Crippen MR) is 114 cm³/mol. The molecule has 4 rings (SSSR count). The van der Waals surface area contributed by atoms with Crippen molar-refractivity contribution in [3.05, 3.63) is 57.0 Å². The number of nitrogens with one attached hydrogen (secondary N) is 1. The number of methoxy groups -OCH3 is 1. The largest absolute Gasteiger partial charge is 0.496 e. The zero-order valence-corrected chi connectivity index (χ0v) is 17.7. The Labute approximate surface area is 172 Å². The molecule has 2 heterocycles. The van der Waals surface area contributed by atoms with Crippen LogP contribution < -0.4 is 10.1 Å². The van der Waals surface area contributed by atoms with Gasteiger partial charge in [0, 0.05) is 27.2 Å². The lowest BCUT2D eigenvalue weighted by atomic mass is 10.0. The van der Waals surface area contributed by atoms with E-state index in [-0.39, 0.29) is 0 Å². The number of rotatable bonds is 3. The number of fused-ring (bicyclic) bond motifs is 1. The number of aromatic nitrogens is 2. The Bertz CT molecular complexity index is 999. The Morgan fingerprint density at radius 1 is 1.19 bits per heavy atom. The third kappa shape index (κ3) is 3.46. The van der Waals surface area contributed by atoms with Crippen LogP contribution in [0.1, 0.15) is 24.0 Å². The molecule has 140 valence electrons. The maximum Gasteiger partial charge on any atom is 0.133 e. The van der Waals surface area contributed by atoms with Gasteiger partial charge in [0.25, 0.3) is 0 Å². The number of halogens is 2. The summed E-state index contributed by atoms with van der Waals surface area (Å²) >= 11 is 9.96. The first-order chi connectivity index (χ1) is 13.1. The van der Waals surface area contributed by atoms with Crippen LogP contribution in [0, 0.1) is 6.92 Å². The van der Waals surface area contributed by atoms with Crippen LogP contribution in [0.3, 0.4) is 0 Å². The molecule has 0 radical (unpaired) electrons. The van der Waals surface area contributed by atoms with Gasteiger partial charge in [0.05, 0.1) is 12.8 Å². The number of hydrogen-bond acceptors (Lipinski definition) is 3. The third-order valence-electron chi connectivity index (χ3n) is 4.95. The van der Waals surface area contributed by atoms with Crippen LogP contribution in [0.25, 0.3) is 16.9 Å². The van der Waals surface area contributed by atoms with E-state index in [1.807, 2.05) is 35.9 Å². The topological polar surface area (TPSA) is 39.1 Å². The second-order valence-corrected chi connectivity index (χ2v) is 8.07. The van der Waals surface area contributed by atoms with E-state index in [2.05, 4.69) is 33.4 Å². The van der Waals surface area contributed by atoms with Crippen LogP contribution in [0.15, 0.2) is 40.9 Å². The summed E-state index contributed by atoms with van der Waals surface area (Å²) in [4.78, 5) is 0. The minimum absolute atomic E-state index is 0.743. The smallest absolute Gasteiger partial charge is 0.133 e. The van der Waals surface area contributed by atoms with Crippen molar-refractivity contribution in [2.24, 2.45) is 0 Å². The standard InChI is InChI=1S/C21H21BrClN3O/c1-13-6-8-15(12-18(13)23)26-21-16(5-3-4-10-24-21)20(25-26)17-11-14(22)7-9-19(17)27-2/h6-9,11-12,24H,3-5,10H2,1-2H3. The van der Waals surface area contributed by atoms with E-state index < -0.39 is 0 Å². The lowest BCUT2D eigenvalue weighted by molar-refractivity contribution is 0.416. The lowest BCUT2D eigenvalue weighted by Crippen LogP contribution is -2.07. The maximum atomic E-state index is 6.38. The maximum absolute atomic E-state index is 6.38. The molecule has 0 bridgehead atoms. The molecule has 0 saturated heterocycles. The van der Waals surface area contributed by atoms with Crippen LogP contribution in [-0.2, 0) is 6.42 Å². The third-order valence-corrected chi connectivity index (χ3v) is 5.85. The normalized spacial score (nSPS) is 13.6. The minimum Gasteiger partial charge on any atom is -0.496 e. The highest BCUT2D eigenvalue weighted by molar-refractivity contribution is 9.10. The van der Waals surface area contributed by atoms with Gasteiger partial charge in [-0.1, -0.05) is 33.6 Å². The molecule has 1 aliphatic rings. The molecule has 0 spiro atoms. The predicted octanol–water partition coefficient (Wildman–Crippen LogP) is 6.02. The fourth-order valence-corrected chi connectivity index (χ4v) is 4.02. The van der Waals surface area contributed by atoms with Crippen LogP contribution >= 0.6 is 27.5 Å². The van der Waals surface area contributed by atoms with Crippen molar-refractivity contribution in [1.29, 1.82) is 0 Å². The zero-order chi connectivity index (χ0) is 19.0. The van der Waals surface area contributed by atoms with Crippen molar-refractivity contribution in [3.63, 3.8) is 0 Å². The molecule has 1 aliphatic heterocycles. The average molecular weight is 447 g/mol. The van der Waals surface area contributed by atoms with Crippen LogP contribution in [0.4, 0.5) is 5.82 Å². The molecular weight excluding hydrogens is 426 g/mol. The average Bonchev–Trinajstić information content (AvgIpc) is 2.85. The Morgan fingerprint density at radius 2 is 2.04 bits per heavy atom. The molecule has 0 fully saturated rings. The summed E-state index contributed by atoms with van der Waals surface area (Å²) in [6.45, 7) is 2.94. The van der Waals surface area contributed by atoms with E-state index in [0.717, 1.165) is 69.4 Å². The quantitative estimate of drug-likeness (QED) is 0.534. The van der Waals surface area contributed by atoms with E-state index in [1.54, 1.807) is 7.11 Å². The number of ether oxygens (including phenoxy) is 1. The highest BCUT2D eigenvalue weighted by atomic mass is 79.9. The molecular formula is C21H21BrClN3O. The molecule has 4 nitrogen and oxygen atoms in total. The highest BCUT2D eigenvalue weighted by Crippen LogP contribution is 2.39. The summed E-state index contributed by atoms with van der Waals surface area (Å²) in [6, 6.07) is 12.1. The van der Waals surface area contributed by atoms with Crippen molar-refractivity contribution < 1.29 is 4.74 Å². The minimum atomic E-state index is 0.743. The van der Waals surface area contributed by atoms with Crippen LogP contribution in [0.2, 0.25) is 5.02 Å². The van der Waals surface area contributed by atoms with E-state index >= 15 is 0 Å². The van der Waals surface area contributed by atoms with Crippen molar-refractivity contribution in [3.8, 4) is 22.7 Å². The molecule has 27 heavy (non-hydrogen) atoms. The second kappa shape index (κ2) is 7.56. The number of aryl methyl sites for hydroxylation is 1. The number of nitrogens with zero attached hydrogens (tertiary/aromatic N) is 2. The molecule has 0 amide bonds. The van der Waals surface area contributed by atoms with Gasteiger partial charge in [0.2, 0.25) is 0 Å². The van der Waals surface area contributed by atoms with Gasteiger partial charge in [-0.05, 0) is 62.1 Å². The summed E-state index contributed by atoms with van der Waals surface area (Å²) in [6.07, 6.45) is 3.25. The summed E-state index contributed by atoms with van der Waals surface area (Å²) < 4.78 is 8.59. The van der Waals surface area contributed by atoms with Gasteiger partial charge in [-0.15, -0.1) is 0 Å². The number of anilines is 1. The number of benzene rings is 2. The van der Waals surface area contributed by atoms with Crippen molar-refractivity contribution in [2.45, 2.75) is 26.2 Å². The first-order valence-corrected chi connectivity index (χ1v) is 10.2. The SMILES string of the molecule is COc1ccc(Br)cc1-c1nn(-c2ccc(C)c(Cl)c2)c2c1CCCCN2. The fourth-order valence-electron chi connectivity index (χ4n) is 3.48. The van der Waals surface area contributed by atoms with Crippen molar-refractivity contribution in [2.75, 3.05) is 19.0 Å². The summed E-state index contributed by atoms with van der Waals surface area (Å²) in [5.74, 6) is 1.86. The molecule has 3 aromatic rings. The Hall–Kier alpha value is -1.98. The Kier molecular flexibility index (Phi) is 5.15. The van der Waals surface area contributed by atoms with E-state index in [9.17, 15) is 0 Å². The van der Waals surface area contributed by atoms with Gasteiger partial charge in [0.1, 0.15) is 17.3 Å². The number of hydrogen-bond donors (Lipinski definition) is 1. The van der Waals surface area contributed by atoms with Gasteiger partial charge in [-0.2, -0.15) is 5.10 Å². The Morgan fingerprint density at radius 3 is 2.81 bits per heavy atom. The van der Waals surface area contributed by atoms with E-state index in [4.69, 9.17) is 21.4 Å². The Balaban J connectivity index is 1.95. The lowest BCUT2D eigenvalue weighted by Gasteiger charge is -2.10. The van der Waals surface area contributed by atoms with Gasteiger partial charge >= 0.3 is 0 Å². The molecule has 0 saturated carbocycles. The molecule has 0 aliphatic carbocycles. The van der Waals surface area contributed by atoms with Crippen LogP contribution in [0.5, 0.6) is 5.75 Å². The van der Waals surface area contributed by atoms with Gasteiger partial charge in [-0.3, -0.25) is 0 Å². The van der Waals surface area contributed by atoms with E-state index in [0.29, 0.717) is 0 Å². The summed E-state index contributed by atoms with van der Waals surface area (Å²) in [7, 11) is 1.69. The van der Waals surface area contributed by atoms with Gasteiger partial charge in [0.15, 0.2) is 0 Å². The first-order valence-electron chi connectivity index (χ1n) is 9.04. The van der Waals surface area contributed by atoms with Crippen LogP contribution in [-0.4, -0.2) is 23.4 Å². The zero-order valence-electron chi connectivity index (χ0n) is 15.4. The van der Waals surface area contributed by atoms with Crippen molar-refractivity contribution >= 4 is 33.3 Å². The van der Waals surface area contributed by atoms with Crippen molar-refractivity contribution in [1.82, 2.24) is 9.78 Å². The highest BCUT2D eigenvalue weighted by Gasteiger charge is 2.24. The summed E-state index contributed by atoms with van der Waals surface area (Å²) in [5.41, 5.74) is 5.18. The molecule has 2 aromatic carbocycles. The molecule has 1 aromatic heterocycles.